The Morgan fingerprint density at radius 2 is 1.59 bits per heavy atom. The molecule has 1 aliphatic rings. The van der Waals surface area contributed by atoms with Crippen molar-refractivity contribution in [2.24, 2.45) is 0 Å². The molecule has 5 nitrogen and oxygen atoms in total. The fourth-order valence-electron chi connectivity index (χ4n) is 4.61. The summed E-state index contributed by atoms with van der Waals surface area (Å²) in [6.07, 6.45) is 4.91. The SMILES string of the molecule is N#CN1CCC[C@](Cc2ccccc2)(c2nnc(-c3cccc(-c4ccccc4)c3)o2)C1. The lowest BCUT2D eigenvalue weighted by molar-refractivity contribution is 0.170. The van der Waals surface area contributed by atoms with Crippen LogP contribution in [0.3, 0.4) is 0 Å². The van der Waals surface area contributed by atoms with E-state index in [-0.39, 0.29) is 5.41 Å². The van der Waals surface area contributed by atoms with E-state index < -0.39 is 0 Å². The van der Waals surface area contributed by atoms with Crippen molar-refractivity contribution in [3.63, 3.8) is 0 Å². The zero-order valence-corrected chi connectivity index (χ0v) is 17.8. The van der Waals surface area contributed by atoms with Crippen LogP contribution in [0.25, 0.3) is 22.6 Å². The van der Waals surface area contributed by atoms with Gasteiger partial charge in [0, 0.05) is 18.7 Å². The molecule has 0 saturated carbocycles. The fourth-order valence-corrected chi connectivity index (χ4v) is 4.61. The molecule has 1 aromatic heterocycles. The maximum atomic E-state index is 9.57. The van der Waals surface area contributed by atoms with Gasteiger partial charge in [-0.05, 0) is 48.1 Å². The molecule has 32 heavy (non-hydrogen) atoms. The Balaban J connectivity index is 1.50. The van der Waals surface area contributed by atoms with Crippen molar-refractivity contribution in [2.45, 2.75) is 24.7 Å². The van der Waals surface area contributed by atoms with Gasteiger partial charge in [-0.15, -0.1) is 10.2 Å². The first-order valence-corrected chi connectivity index (χ1v) is 10.9. The first-order chi connectivity index (χ1) is 15.8. The second-order valence-electron chi connectivity index (χ2n) is 8.43. The number of likely N-dealkylation sites (tertiary alicyclic amines) is 1. The van der Waals surface area contributed by atoms with Gasteiger partial charge in [-0.25, -0.2) is 0 Å². The molecule has 0 radical (unpaired) electrons. The van der Waals surface area contributed by atoms with Crippen LogP contribution in [0.4, 0.5) is 0 Å². The van der Waals surface area contributed by atoms with E-state index >= 15 is 0 Å². The molecule has 0 aliphatic carbocycles. The standard InChI is InChI=1S/C27H24N4O/c28-20-31-16-8-15-27(19-31,18-21-9-3-1-4-10-21)26-30-29-25(32-26)24-14-7-13-23(17-24)22-11-5-2-6-12-22/h1-7,9-14,17H,8,15-16,18-19H2/t27-/m1/s1. The second kappa shape index (κ2) is 8.68. The molecular formula is C27H24N4O. The molecule has 0 spiro atoms. The van der Waals surface area contributed by atoms with Crippen LogP contribution in [-0.4, -0.2) is 28.2 Å². The number of nitrogens with zero attached hydrogens (tertiary/aromatic N) is 4. The van der Waals surface area contributed by atoms with Gasteiger partial charge in [0.1, 0.15) is 0 Å². The van der Waals surface area contributed by atoms with Gasteiger partial charge in [-0.3, -0.25) is 0 Å². The van der Waals surface area contributed by atoms with Gasteiger partial charge in [0.2, 0.25) is 11.8 Å². The highest BCUT2D eigenvalue weighted by atomic mass is 16.4. The van der Waals surface area contributed by atoms with Gasteiger partial charge < -0.3 is 9.32 Å². The topological polar surface area (TPSA) is 66.0 Å². The third-order valence-corrected chi connectivity index (χ3v) is 6.20. The number of hydrogen-bond donors (Lipinski definition) is 0. The van der Waals surface area contributed by atoms with Crippen LogP contribution in [-0.2, 0) is 11.8 Å². The Morgan fingerprint density at radius 3 is 2.38 bits per heavy atom. The predicted octanol–water partition coefficient (Wildman–Crippen LogP) is 5.46. The van der Waals surface area contributed by atoms with E-state index in [0.717, 1.165) is 42.5 Å². The molecule has 1 fully saturated rings. The molecule has 1 aliphatic heterocycles. The largest absolute Gasteiger partial charge is 0.420 e. The number of nitriles is 1. The molecule has 4 aromatic rings. The third-order valence-electron chi connectivity index (χ3n) is 6.20. The van der Waals surface area contributed by atoms with E-state index in [2.05, 4.69) is 52.8 Å². The molecule has 5 rings (SSSR count). The van der Waals surface area contributed by atoms with Crippen LogP contribution in [0.5, 0.6) is 0 Å². The van der Waals surface area contributed by atoms with E-state index in [9.17, 15) is 5.26 Å². The molecule has 0 amide bonds. The van der Waals surface area contributed by atoms with Crippen LogP contribution in [0, 0.1) is 11.5 Å². The van der Waals surface area contributed by atoms with Crippen LogP contribution in [0.2, 0.25) is 0 Å². The van der Waals surface area contributed by atoms with Gasteiger partial charge in [0.15, 0.2) is 6.19 Å². The van der Waals surface area contributed by atoms with Gasteiger partial charge in [-0.2, -0.15) is 5.26 Å². The first kappa shape index (κ1) is 20.0. The predicted molar refractivity (Wildman–Crippen MR) is 123 cm³/mol. The van der Waals surface area contributed by atoms with Gasteiger partial charge in [-0.1, -0.05) is 72.8 Å². The minimum absolute atomic E-state index is 0.377. The van der Waals surface area contributed by atoms with E-state index in [4.69, 9.17) is 4.42 Å². The highest BCUT2D eigenvalue weighted by Gasteiger charge is 2.42. The van der Waals surface area contributed by atoms with E-state index in [1.807, 2.05) is 53.4 Å². The van der Waals surface area contributed by atoms with Crippen molar-refractivity contribution >= 4 is 0 Å². The molecule has 0 N–H and O–H groups in total. The number of piperidine rings is 1. The number of aromatic nitrogens is 2. The van der Waals surface area contributed by atoms with Crippen LogP contribution < -0.4 is 0 Å². The number of rotatable bonds is 5. The molecule has 0 bridgehead atoms. The van der Waals surface area contributed by atoms with Crippen LogP contribution in [0.1, 0.15) is 24.3 Å². The van der Waals surface area contributed by atoms with Crippen LogP contribution in [0.15, 0.2) is 89.3 Å². The van der Waals surface area contributed by atoms with E-state index in [0.29, 0.717) is 18.3 Å². The van der Waals surface area contributed by atoms with Crippen molar-refractivity contribution in [2.75, 3.05) is 13.1 Å². The summed E-state index contributed by atoms with van der Waals surface area (Å²) in [6, 6.07) is 28.8. The Hall–Kier alpha value is -3.91. The monoisotopic (exact) mass is 420 g/mol. The molecule has 3 aromatic carbocycles. The summed E-state index contributed by atoms with van der Waals surface area (Å²) >= 11 is 0. The lowest BCUT2D eigenvalue weighted by Gasteiger charge is -2.38. The maximum absolute atomic E-state index is 9.57. The maximum Gasteiger partial charge on any atom is 0.247 e. The first-order valence-electron chi connectivity index (χ1n) is 10.9. The smallest absolute Gasteiger partial charge is 0.247 e. The normalized spacial score (nSPS) is 18.3. The summed E-state index contributed by atoms with van der Waals surface area (Å²) in [4.78, 5) is 1.81. The number of benzene rings is 3. The summed E-state index contributed by atoms with van der Waals surface area (Å²) < 4.78 is 6.31. The number of hydrogen-bond acceptors (Lipinski definition) is 5. The molecule has 1 atom stereocenters. The minimum Gasteiger partial charge on any atom is -0.420 e. The Labute approximate surface area is 188 Å². The lowest BCUT2D eigenvalue weighted by atomic mass is 9.75. The van der Waals surface area contributed by atoms with Crippen molar-refractivity contribution in [3.05, 3.63) is 96.4 Å². The van der Waals surface area contributed by atoms with E-state index in [1.54, 1.807) is 0 Å². The zero-order chi connectivity index (χ0) is 21.8. The molecule has 5 heteroatoms. The molecule has 2 heterocycles. The van der Waals surface area contributed by atoms with E-state index in [1.165, 1.54) is 5.56 Å². The highest BCUT2D eigenvalue weighted by molar-refractivity contribution is 5.69. The summed E-state index contributed by atoms with van der Waals surface area (Å²) in [5, 5.41) is 18.5. The molecule has 158 valence electrons. The minimum atomic E-state index is -0.377. The Kier molecular flexibility index (Phi) is 5.43. The molecular weight excluding hydrogens is 396 g/mol. The summed E-state index contributed by atoms with van der Waals surface area (Å²) in [7, 11) is 0. The molecule has 1 saturated heterocycles. The summed E-state index contributed by atoms with van der Waals surface area (Å²) in [5.41, 5.74) is 3.98. The van der Waals surface area contributed by atoms with Crippen molar-refractivity contribution in [1.82, 2.24) is 15.1 Å². The Morgan fingerprint density at radius 1 is 0.875 bits per heavy atom. The average Bonchev–Trinajstić information content (AvgIpc) is 3.37. The van der Waals surface area contributed by atoms with Gasteiger partial charge >= 0.3 is 0 Å². The van der Waals surface area contributed by atoms with Crippen molar-refractivity contribution in [3.8, 4) is 28.8 Å². The lowest BCUT2D eigenvalue weighted by Crippen LogP contribution is -2.45. The summed E-state index contributed by atoms with van der Waals surface area (Å²) in [5.74, 6) is 1.13. The third kappa shape index (κ3) is 4.00. The average molecular weight is 421 g/mol. The molecule has 0 unspecified atom stereocenters. The Bertz CT molecular complexity index is 1230. The van der Waals surface area contributed by atoms with Crippen molar-refractivity contribution in [1.29, 1.82) is 5.26 Å². The van der Waals surface area contributed by atoms with Gasteiger partial charge in [0.05, 0.1) is 5.41 Å². The van der Waals surface area contributed by atoms with Gasteiger partial charge in [0.25, 0.3) is 0 Å². The quantitative estimate of drug-likeness (QED) is 0.401. The zero-order valence-electron chi connectivity index (χ0n) is 17.8. The summed E-state index contributed by atoms with van der Waals surface area (Å²) in [6.45, 7) is 1.36. The highest BCUT2D eigenvalue weighted by Crippen LogP contribution is 2.38. The van der Waals surface area contributed by atoms with Crippen LogP contribution >= 0.6 is 0 Å². The fraction of sp³-hybridized carbons (Fsp3) is 0.222. The second-order valence-corrected chi connectivity index (χ2v) is 8.43. The van der Waals surface area contributed by atoms with Crippen molar-refractivity contribution < 1.29 is 4.42 Å².